The van der Waals surface area contributed by atoms with Crippen molar-refractivity contribution in [2.24, 2.45) is 29.6 Å². The second-order valence-electron chi connectivity index (χ2n) is 14.3. The molecule has 0 radical (unpaired) electrons. The lowest BCUT2D eigenvalue weighted by molar-refractivity contribution is -0.192. The highest BCUT2D eigenvalue weighted by atomic mass is 16.6. The van der Waals surface area contributed by atoms with E-state index in [1.165, 1.54) is 0 Å². The van der Waals surface area contributed by atoms with Gasteiger partial charge in [0.25, 0.3) is 0 Å². The molecular weight excluding hydrogens is 562 g/mol. The van der Waals surface area contributed by atoms with Gasteiger partial charge in [-0.1, -0.05) is 37.6 Å². The summed E-state index contributed by atoms with van der Waals surface area (Å²) in [5, 5.41) is 20.6. The fraction of sp³-hybridized carbons (Fsp3) is 0.743. The molecule has 3 aliphatic heterocycles. The lowest BCUT2D eigenvalue weighted by Gasteiger charge is -2.42. The SMILES string of the molecule is CC(=O)C1CCN(C(=O)O[C@@H](C)/C=C\C(=O)C[C@@H]2C[C@H](C)[C@H](C/C=C(C)/C=C/C3O[C@](C)(CO)C[C@@]4(CO4)[C@@H]3O)C[C@@H]2C)C1. The molecule has 4 fully saturated rings. The second kappa shape index (κ2) is 14.4. The minimum absolute atomic E-state index is 0.0527. The molecule has 0 aromatic heterocycles. The first-order valence-electron chi connectivity index (χ1n) is 16.4. The third-order valence-corrected chi connectivity index (χ3v) is 10.4. The Hall–Kier alpha value is -2.33. The van der Waals surface area contributed by atoms with Gasteiger partial charge in [-0.15, -0.1) is 0 Å². The average Bonchev–Trinajstić information content (AvgIpc) is 3.54. The Morgan fingerprint density at radius 3 is 2.43 bits per heavy atom. The first kappa shape index (κ1) is 34.5. The van der Waals surface area contributed by atoms with E-state index in [0.717, 1.165) is 24.8 Å². The van der Waals surface area contributed by atoms with E-state index < -0.39 is 35.6 Å². The Morgan fingerprint density at radius 2 is 1.80 bits per heavy atom. The molecule has 3 saturated heterocycles. The Kier molecular flexibility index (Phi) is 11.3. The summed E-state index contributed by atoms with van der Waals surface area (Å²) in [5.41, 5.74) is -0.238. The summed E-state index contributed by atoms with van der Waals surface area (Å²) >= 11 is 0. The van der Waals surface area contributed by atoms with E-state index in [2.05, 4.69) is 26.8 Å². The first-order valence-corrected chi connectivity index (χ1v) is 16.4. The van der Waals surface area contributed by atoms with Crippen molar-refractivity contribution in [3.63, 3.8) is 0 Å². The van der Waals surface area contributed by atoms with Crippen molar-refractivity contribution in [2.75, 3.05) is 26.3 Å². The number of ketones is 2. The largest absolute Gasteiger partial charge is 0.442 e. The second-order valence-corrected chi connectivity index (χ2v) is 14.3. The maximum atomic E-state index is 12.8. The van der Waals surface area contributed by atoms with Crippen LogP contribution in [0, 0.1) is 29.6 Å². The number of epoxide rings is 1. The Labute approximate surface area is 262 Å². The standard InChI is InChI=1S/C35H53NO8/c1-22(8-12-31-32(40)35(21-42-35)19-34(6,20-37)44-31)7-10-27-15-24(3)29(16-23(27)2)17-30(39)11-9-25(4)43-33(41)36-14-13-28(18-36)26(5)38/h7-9,11-12,23-25,27-29,31-32,37,40H,10,13-21H2,1-6H3/b11-9-,12-8+,22-7+/t23-,24-,25-,27+,28?,29-,31?,32+,34-,35+/m0/s1. The van der Waals surface area contributed by atoms with Crippen LogP contribution >= 0.6 is 0 Å². The van der Waals surface area contributed by atoms with Crippen molar-refractivity contribution in [3.05, 3.63) is 36.0 Å². The van der Waals surface area contributed by atoms with E-state index in [9.17, 15) is 24.6 Å². The average molecular weight is 616 g/mol. The van der Waals surface area contributed by atoms with Gasteiger partial charge in [0.05, 0.1) is 18.8 Å². The molecule has 0 aromatic rings. The van der Waals surface area contributed by atoms with Crippen molar-refractivity contribution in [3.8, 4) is 0 Å². The zero-order valence-electron chi connectivity index (χ0n) is 27.4. The van der Waals surface area contributed by atoms with Gasteiger partial charge in [-0.25, -0.2) is 4.79 Å². The van der Waals surface area contributed by atoms with Crippen LogP contribution in [-0.2, 0) is 23.8 Å². The van der Waals surface area contributed by atoms with Gasteiger partial charge in [0, 0.05) is 31.8 Å². The van der Waals surface area contributed by atoms with Crippen LogP contribution < -0.4 is 0 Å². The Morgan fingerprint density at radius 1 is 1.11 bits per heavy atom. The summed E-state index contributed by atoms with van der Waals surface area (Å²) in [6.07, 6.45) is 11.7. The molecule has 10 atom stereocenters. The zero-order valence-corrected chi connectivity index (χ0v) is 27.4. The van der Waals surface area contributed by atoms with Crippen molar-refractivity contribution in [1.82, 2.24) is 4.90 Å². The molecule has 9 heteroatoms. The fourth-order valence-electron chi connectivity index (χ4n) is 7.24. The van der Waals surface area contributed by atoms with E-state index in [1.54, 1.807) is 30.9 Å². The van der Waals surface area contributed by atoms with Crippen molar-refractivity contribution in [2.45, 2.75) is 110 Å². The Bertz CT molecular complexity index is 1140. The maximum Gasteiger partial charge on any atom is 0.410 e. The van der Waals surface area contributed by atoms with Crippen LogP contribution in [0.25, 0.3) is 0 Å². The van der Waals surface area contributed by atoms with Crippen LogP contribution in [0.1, 0.15) is 80.1 Å². The van der Waals surface area contributed by atoms with E-state index in [-0.39, 0.29) is 24.1 Å². The quantitative estimate of drug-likeness (QED) is 0.193. The number of aliphatic hydroxyl groups is 2. The van der Waals surface area contributed by atoms with Gasteiger partial charge in [-0.2, -0.15) is 0 Å². The summed E-state index contributed by atoms with van der Waals surface area (Å²) in [7, 11) is 0. The van der Waals surface area contributed by atoms with Crippen LogP contribution in [0.5, 0.6) is 0 Å². The van der Waals surface area contributed by atoms with E-state index >= 15 is 0 Å². The summed E-state index contributed by atoms with van der Waals surface area (Å²) in [5.74, 6) is 1.79. The Balaban J connectivity index is 1.21. The number of carbonyl (C=O) groups excluding carboxylic acids is 3. The van der Waals surface area contributed by atoms with Gasteiger partial charge in [0.2, 0.25) is 0 Å². The minimum atomic E-state index is -0.755. The van der Waals surface area contributed by atoms with Crippen LogP contribution in [0.15, 0.2) is 36.0 Å². The fourth-order valence-corrected chi connectivity index (χ4v) is 7.24. The van der Waals surface area contributed by atoms with E-state index in [4.69, 9.17) is 14.2 Å². The van der Waals surface area contributed by atoms with Crippen molar-refractivity contribution in [1.29, 1.82) is 0 Å². The molecule has 246 valence electrons. The lowest BCUT2D eigenvalue weighted by Crippen LogP contribution is -2.56. The molecule has 0 aromatic carbocycles. The maximum absolute atomic E-state index is 12.8. The number of carbonyl (C=O) groups is 3. The van der Waals surface area contributed by atoms with Gasteiger partial charge in [0.1, 0.15) is 29.7 Å². The molecule has 1 saturated carbocycles. The topological polar surface area (TPSA) is 126 Å². The predicted octanol–water partition coefficient (Wildman–Crippen LogP) is 4.80. The van der Waals surface area contributed by atoms with Crippen LogP contribution in [0.4, 0.5) is 4.79 Å². The summed E-state index contributed by atoms with van der Waals surface area (Å²) in [6, 6.07) is 0. The highest BCUT2D eigenvalue weighted by Gasteiger charge is 2.61. The molecule has 1 spiro atoms. The number of Topliss-reactive ketones (excluding diaryl/α,β-unsaturated/α-hetero) is 1. The molecular formula is C35H53NO8. The predicted molar refractivity (Wildman–Crippen MR) is 167 cm³/mol. The van der Waals surface area contributed by atoms with Crippen LogP contribution in [-0.4, -0.2) is 88.6 Å². The van der Waals surface area contributed by atoms with Gasteiger partial charge in [-0.05, 0) is 89.2 Å². The van der Waals surface area contributed by atoms with Gasteiger partial charge in [-0.3, -0.25) is 9.59 Å². The van der Waals surface area contributed by atoms with Crippen LogP contribution in [0.2, 0.25) is 0 Å². The normalized spacial score (nSPS) is 38.4. The lowest BCUT2D eigenvalue weighted by atomic mass is 9.67. The van der Waals surface area contributed by atoms with Crippen LogP contribution in [0.3, 0.4) is 0 Å². The number of nitrogens with zero attached hydrogens (tertiary/aromatic N) is 1. The molecule has 2 unspecified atom stereocenters. The number of hydrogen-bond donors (Lipinski definition) is 2. The number of rotatable bonds is 11. The minimum Gasteiger partial charge on any atom is -0.442 e. The summed E-state index contributed by atoms with van der Waals surface area (Å²) < 4.78 is 17.1. The molecule has 9 nitrogen and oxygen atoms in total. The van der Waals surface area contributed by atoms with E-state index in [1.807, 2.05) is 19.1 Å². The monoisotopic (exact) mass is 615 g/mol. The van der Waals surface area contributed by atoms with Gasteiger partial charge < -0.3 is 29.3 Å². The number of ether oxygens (including phenoxy) is 3. The smallest absolute Gasteiger partial charge is 0.410 e. The molecule has 1 aliphatic carbocycles. The number of aliphatic hydroxyl groups excluding tert-OH is 2. The first-order chi connectivity index (χ1) is 20.7. The number of amides is 1. The zero-order chi connectivity index (χ0) is 32.2. The molecule has 1 amide bonds. The molecule has 3 heterocycles. The highest BCUT2D eigenvalue weighted by molar-refractivity contribution is 5.90. The van der Waals surface area contributed by atoms with Crippen molar-refractivity contribution >= 4 is 17.7 Å². The molecule has 44 heavy (non-hydrogen) atoms. The molecule has 2 N–H and O–H groups in total. The molecule has 0 bridgehead atoms. The third kappa shape index (κ3) is 8.68. The number of hydrogen-bond acceptors (Lipinski definition) is 8. The highest BCUT2D eigenvalue weighted by Crippen LogP contribution is 2.46. The van der Waals surface area contributed by atoms with Gasteiger partial charge in [0.15, 0.2) is 5.78 Å². The third-order valence-electron chi connectivity index (χ3n) is 10.4. The molecule has 4 aliphatic rings. The summed E-state index contributed by atoms with van der Waals surface area (Å²) in [6.45, 7) is 13.0. The van der Waals surface area contributed by atoms with Gasteiger partial charge >= 0.3 is 6.09 Å². The molecule has 4 rings (SSSR count). The summed E-state index contributed by atoms with van der Waals surface area (Å²) in [4.78, 5) is 38.4. The number of allylic oxidation sites excluding steroid dienone is 4. The van der Waals surface area contributed by atoms with E-state index in [0.29, 0.717) is 62.6 Å². The number of likely N-dealkylation sites (tertiary alicyclic amines) is 1. The van der Waals surface area contributed by atoms with Crippen molar-refractivity contribution < 1.29 is 38.8 Å².